The van der Waals surface area contributed by atoms with Crippen LogP contribution in [0.25, 0.3) is 0 Å². The molecule has 0 saturated heterocycles. The lowest BCUT2D eigenvalue weighted by Gasteiger charge is -2.05. The Kier molecular flexibility index (Phi) is 38.7. The van der Waals surface area contributed by atoms with Gasteiger partial charge in [-0.05, 0) is 12.5 Å². The Morgan fingerprint density at radius 2 is 0.488 bits per heavy atom. The summed E-state index contributed by atoms with van der Waals surface area (Å²) in [5, 5.41) is 8.64. The zero-order valence-electron chi connectivity index (χ0n) is 28.9. The molecule has 0 bridgehead atoms. The molecule has 0 aromatic heterocycles. The van der Waals surface area contributed by atoms with E-state index in [-0.39, 0.29) is 0 Å². The van der Waals surface area contributed by atoms with Crippen molar-refractivity contribution in [1.29, 1.82) is 0 Å². The molecule has 0 aliphatic carbocycles. The van der Waals surface area contributed by atoms with Gasteiger partial charge in [0.05, 0.1) is 0 Å². The number of rotatable bonds is 38. The third-order valence-electron chi connectivity index (χ3n) is 9.31. The molecule has 43 heavy (non-hydrogen) atoms. The second-order valence-corrected chi connectivity index (χ2v) is 18.9. The van der Waals surface area contributed by atoms with Crippen molar-refractivity contribution in [3.05, 3.63) is 0 Å². The summed E-state index contributed by atoms with van der Waals surface area (Å²) in [6, 6.07) is 1.09. The fraction of sp³-hybridized carbons (Fsp3) is 0.974. The number of carboxylic acid groups (broad SMARTS) is 1. The van der Waals surface area contributed by atoms with E-state index in [4.69, 9.17) is 27.3 Å². The van der Waals surface area contributed by atoms with Crippen molar-refractivity contribution >= 4 is 35.5 Å². The van der Waals surface area contributed by atoms with Crippen molar-refractivity contribution < 1.29 is 9.90 Å². The molecule has 0 amide bonds. The van der Waals surface area contributed by atoms with Crippen LogP contribution in [-0.2, 0) is 4.79 Å². The van der Waals surface area contributed by atoms with E-state index in [2.05, 4.69) is 0 Å². The molecule has 0 fully saturated rings. The first-order valence-corrected chi connectivity index (χ1v) is 23.9. The maximum absolute atomic E-state index is 10.5. The minimum Gasteiger partial charge on any atom is -0.481 e. The lowest BCUT2D eigenvalue weighted by molar-refractivity contribution is -0.137. The van der Waals surface area contributed by atoms with Crippen LogP contribution < -0.4 is 0 Å². The molecule has 0 saturated carbocycles. The summed E-state index contributed by atoms with van der Waals surface area (Å²) in [6.07, 6.45) is 49.1. The van der Waals surface area contributed by atoms with Crippen LogP contribution in [0.5, 0.6) is 0 Å². The van der Waals surface area contributed by atoms with E-state index >= 15 is 0 Å². The zero-order chi connectivity index (χ0) is 31.3. The molecule has 0 aliphatic heterocycles. The van der Waals surface area contributed by atoms with Gasteiger partial charge < -0.3 is 5.11 Å². The Morgan fingerprint density at radius 1 is 0.326 bits per heavy atom. The lowest BCUT2D eigenvalue weighted by Crippen LogP contribution is -1.93. The molecule has 0 unspecified atom stereocenters. The Hall–Kier alpha value is 0.267. The van der Waals surface area contributed by atoms with Crippen molar-refractivity contribution in [1.82, 2.24) is 0 Å². The number of hydrogen-bond acceptors (Lipinski definition) is 1. The van der Waals surface area contributed by atoms with E-state index in [1.165, 1.54) is 212 Å². The average molecular weight is 664 g/mol. The maximum atomic E-state index is 10.5. The fourth-order valence-electron chi connectivity index (χ4n) is 6.41. The highest BCUT2D eigenvalue weighted by atomic mass is 35.7. The van der Waals surface area contributed by atoms with Crippen molar-refractivity contribution in [2.45, 2.75) is 237 Å². The highest BCUT2D eigenvalue weighted by Gasteiger charge is 2.01. The van der Waals surface area contributed by atoms with Crippen LogP contribution in [0.15, 0.2) is 0 Å². The van der Waals surface area contributed by atoms with E-state index in [1.54, 1.807) is 0 Å². The van der Waals surface area contributed by atoms with Gasteiger partial charge in [0.15, 0.2) is 0 Å². The molecule has 1 N–H and O–H groups in total. The van der Waals surface area contributed by atoms with Crippen molar-refractivity contribution in [3.8, 4) is 0 Å². The summed E-state index contributed by atoms with van der Waals surface area (Å²) < 4.78 is 0. The normalized spacial score (nSPS) is 11.6. The number of aliphatic carboxylic acids is 1. The van der Waals surface area contributed by atoms with Crippen LogP contribution in [0.4, 0.5) is 0 Å². The quantitative estimate of drug-likeness (QED) is 0.0405. The van der Waals surface area contributed by atoms with E-state index in [9.17, 15) is 4.79 Å². The molecular formula is C38H76Cl2O2Si. The average Bonchev–Trinajstić information content (AvgIpc) is 2.98. The van der Waals surface area contributed by atoms with Gasteiger partial charge in [0.2, 0.25) is 7.42 Å². The van der Waals surface area contributed by atoms with Gasteiger partial charge in [-0.3, -0.25) is 4.79 Å². The number of hydrogen-bond donors (Lipinski definition) is 1. The summed E-state index contributed by atoms with van der Waals surface area (Å²) in [7, 11) is -1.34. The Morgan fingerprint density at radius 3 is 0.651 bits per heavy atom. The summed E-state index contributed by atoms with van der Waals surface area (Å²) in [4.78, 5) is 10.5. The SMILES string of the molecule is O=C(O)CCCCCCCCCCCCCCCCCCCCCCCCCCCCCCCCCCCCC[SiH](Cl)Cl. The predicted molar refractivity (Wildman–Crippen MR) is 198 cm³/mol. The second-order valence-electron chi connectivity index (χ2n) is 13.7. The van der Waals surface area contributed by atoms with Crippen LogP contribution >= 0.6 is 22.2 Å². The van der Waals surface area contributed by atoms with Gasteiger partial charge in [-0.1, -0.05) is 218 Å². The minimum absolute atomic E-state index is 0.344. The molecule has 0 atom stereocenters. The van der Waals surface area contributed by atoms with Gasteiger partial charge in [-0.2, -0.15) is 22.2 Å². The summed E-state index contributed by atoms with van der Waals surface area (Å²) in [6.45, 7) is 0. The molecule has 0 aliphatic rings. The molecule has 0 radical (unpaired) electrons. The lowest BCUT2D eigenvalue weighted by atomic mass is 10.0. The highest BCUT2D eigenvalue weighted by molar-refractivity contribution is 7.33. The molecule has 0 rings (SSSR count). The fourth-order valence-corrected chi connectivity index (χ4v) is 7.93. The molecular weight excluding hydrogens is 587 g/mol. The third-order valence-corrected chi connectivity index (χ3v) is 11.5. The Labute approximate surface area is 281 Å². The number of unbranched alkanes of at least 4 members (excludes halogenated alkanes) is 34. The van der Waals surface area contributed by atoms with Gasteiger partial charge >= 0.3 is 5.97 Å². The topological polar surface area (TPSA) is 37.3 Å². The van der Waals surface area contributed by atoms with Gasteiger partial charge in [0.1, 0.15) is 0 Å². The standard InChI is InChI=1S/C38H76Cl2O2Si/c39-43(40)37-35-33-31-29-27-25-23-21-19-17-15-13-11-9-7-5-3-1-2-4-6-8-10-12-14-16-18-20-22-24-26-28-30-32-34-36-38(41)42/h43H,1-37H2,(H,41,42). The van der Waals surface area contributed by atoms with Crippen molar-refractivity contribution in [2.24, 2.45) is 0 Å². The smallest absolute Gasteiger partial charge is 0.303 e. The monoisotopic (exact) mass is 662 g/mol. The molecule has 5 heteroatoms. The number of halogens is 2. The molecule has 0 aromatic rings. The molecule has 0 spiro atoms. The largest absolute Gasteiger partial charge is 0.481 e. The van der Waals surface area contributed by atoms with Crippen LogP contribution in [0.2, 0.25) is 6.04 Å². The van der Waals surface area contributed by atoms with E-state index in [0.29, 0.717) is 6.42 Å². The minimum atomic E-state index is -1.34. The summed E-state index contributed by atoms with van der Waals surface area (Å²) >= 11 is 11.8. The molecule has 0 aromatic carbocycles. The molecule has 0 heterocycles. The summed E-state index contributed by atoms with van der Waals surface area (Å²) in [5.41, 5.74) is 0. The van der Waals surface area contributed by atoms with Crippen LogP contribution in [-0.4, -0.2) is 18.5 Å². The first-order chi connectivity index (χ1) is 21.1. The zero-order valence-corrected chi connectivity index (χ0v) is 31.5. The van der Waals surface area contributed by atoms with Gasteiger partial charge in [-0.25, -0.2) is 0 Å². The van der Waals surface area contributed by atoms with Gasteiger partial charge in [0.25, 0.3) is 0 Å². The predicted octanol–water partition coefficient (Wildman–Crippen LogP) is 14.8. The number of carbonyl (C=O) groups is 1. The van der Waals surface area contributed by atoms with Gasteiger partial charge in [0, 0.05) is 6.42 Å². The second kappa shape index (κ2) is 38.4. The Balaban J connectivity index is 3.04. The summed E-state index contributed by atoms with van der Waals surface area (Å²) in [5.74, 6) is -0.649. The van der Waals surface area contributed by atoms with Crippen LogP contribution in [0.3, 0.4) is 0 Å². The van der Waals surface area contributed by atoms with Crippen LogP contribution in [0.1, 0.15) is 231 Å². The maximum Gasteiger partial charge on any atom is 0.303 e. The Bertz CT molecular complexity index is 532. The number of carboxylic acids is 1. The first-order valence-electron chi connectivity index (χ1n) is 19.6. The van der Waals surface area contributed by atoms with Crippen molar-refractivity contribution in [2.75, 3.05) is 0 Å². The van der Waals surface area contributed by atoms with E-state index in [0.717, 1.165) is 18.9 Å². The van der Waals surface area contributed by atoms with Gasteiger partial charge in [-0.15, -0.1) is 0 Å². The molecule has 258 valence electrons. The van der Waals surface area contributed by atoms with Crippen LogP contribution in [0, 0.1) is 0 Å². The highest BCUT2D eigenvalue weighted by Crippen LogP contribution is 2.18. The van der Waals surface area contributed by atoms with E-state index < -0.39 is 13.4 Å². The third kappa shape index (κ3) is 42.3. The first kappa shape index (κ1) is 43.3. The molecule has 2 nitrogen and oxygen atoms in total. The van der Waals surface area contributed by atoms with Crippen molar-refractivity contribution in [3.63, 3.8) is 0 Å². The van der Waals surface area contributed by atoms with E-state index in [1.807, 2.05) is 0 Å².